The number of carbonyl (C=O) groups excluding carboxylic acids is 2. The fourth-order valence-electron chi connectivity index (χ4n) is 2.11. The molecule has 2 rings (SSSR count). The number of nitrogens with one attached hydrogen (secondary N) is 1. The molecular weight excluding hydrogens is 332 g/mol. The molecule has 0 saturated heterocycles. The van der Waals surface area contributed by atoms with E-state index in [0.717, 1.165) is 5.56 Å². The molecule has 0 aliphatic rings. The predicted molar refractivity (Wildman–Crippen MR) is 99.6 cm³/mol. The number of methoxy groups -OCH3 is 1. The monoisotopic (exact) mass is 354 g/mol. The van der Waals surface area contributed by atoms with Crippen LogP contribution in [-0.4, -0.2) is 25.2 Å². The van der Waals surface area contributed by atoms with Gasteiger partial charge in [0.05, 0.1) is 18.9 Å². The van der Waals surface area contributed by atoms with Crippen molar-refractivity contribution in [1.82, 2.24) is 5.43 Å². The Balaban J connectivity index is 1.90. The Morgan fingerprint density at radius 2 is 1.65 bits per heavy atom. The van der Waals surface area contributed by atoms with Gasteiger partial charge in [0, 0.05) is 6.42 Å². The lowest BCUT2D eigenvalue weighted by Crippen LogP contribution is -2.19. The minimum atomic E-state index is -0.449. The quantitative estimate of drug-likeness (QED) is 0.358. The van der Waals surface area contributed by atoms with Crippen molar-refractivity contribution in [3.05, 3.63) is 59.7 Å². The molecule has 0 atom stereocenters. The highest BCUT2D eigenvalue weighted by Gasteiger charge is 2.08. The van der Waals surface area contributed by atoms with Crippen LogP contribution in [0.1, 0.15) is 36.2 Å². The van der Waals surface area contributed by atoms with Gasteiger partial charge in [-0.05, 0) is 60.0 Å². The lowest BCUT2D eigenvalue weighted by molar-refractivity contribution is -0.121. The number of rotatable bonds is 7. The minimum absolute atomic E-state index is 0.124. The molecular formula is C20H22N2O4. The van der Waals surface area contributed by atoms with E-state index >= 15 is 0 Å². The molecule has 136 valence electrons. The lowest BCUT2D eigenvalue weighted by Gasteiger charge is -2.05. The summed E-state index contributed by atoms with van der Waals surface area (Å²) in [4.78, 5) is 23.6. The summed E-state index contributed by atoms with van der Waals surface area (Å²) < 4.78 is 10.4. The predicted octanol–water partition coefficient (Wildman–Crippen LogP) is 3.41. The van der Waals surface area contributed by atoms with E-state index in [4.69, 9.17) is 9.47 Å². The number of amides is 1. The second kappa shape index (κ2) is 9.36. The highest BCUT2D eigenvalue weighted by Crippen LogP contribution is 2.16. The van der Waals surface area contributed by atoms with E-state index in [-0.39, 0.29) is 11.8 Å². The Bertz CT molecular complexity index is 765. The molecule has 0 aliphatic heterocycles. The van der Waals surface area contributed by atoms with Crippen molar-refractivity contribution in [1.29, 1.82) is 0 Å². The molecule has 0 aliphatic carbocycles. The molecule has 2 aromatic rings. The number of hydrazone groups is 1. The fraction of sp³-hybridized carbons (Fsp3) is 0.250. The topological polar surface area (TPSA) is 77.0 Å². The second-order valence-corrected chi connectivity index (χ2v) is 6.08. The summed E-state index contributed by atoms with van der Waals surface area (Å²) in [5.74, 6) is 0.804. The third-order valence-electron chi connectivity index (χ3n) is 3.41. The largest absolute Gasteiger partial charge is 0.497 e. The summed E-state index contributed by atoms with van der Waals surface area (Å²) >= 11 is 0. The Hall–Kier alpha value is -3.15. The third kappa shape index (κ3) is 6.05. The Morgan fingerprint density at radius 3 is 2.23 bits per heavy atom. The van der Waals surface area contributed by atoms with E-state index in [1.54, 1.807) is 55.6 Å². The molecule has 0 heterocycles. The summed E-state index contributed by atoms with van der Waals surface area (Å²) in [6, 6.07) is 13.5. The summed E-state index contributed by atoms with van der Waals surface area (Å²) in [5, 5.41) is 3.90. The average molecular weight is 354 g/mol. The summed E-state index contributed by atoms with van der Waals surface area (Å²) in [6.45, 7) is 3.94. The number of nitrogens with zero attached hydrogens (tertiary/aromatic N) is 1. The molecule has 0 radical (unpaired) electrons. The maximum absolute atomic E-state index is 12.1. The molecule has 0 fully saturated rings. The van der Waals surface area contributed by atoms with Crippen LogP contribution in [0.25, 0.3) is 0 Å². The highest BCUT2D eigenvalue weighted by molar-refractivity contribution is 5.91. The first kappa shape index (κ1) is 19.2. The maximum atomic E-state index is 12.1. The van der Waals surface area contributed by atoms with Crippen molar-refractivity contribution in [2.75, 3.05) is 7.11 Å². The summed E-state index contributed by atoms with van der Waals surface area (Å²) in [5.41, 5.74) is 3.69. The first-order chi connectivity index (χ1) is 12.5. The van der Waals surface area contributed by atoms with E-state index in [9.17, 15) is 9.59 Å². The van der Waals surface area contributed by atoms with E-state index in [0.29, 0.717) is 23.5 Å². The van der Waals surface area contributed by atoms with Crippen LogP contribution in [0.5, 0.6) is 11.5 Å². The van der Waals surface area contributed by atoms with Gasteiger partial charge in [0.1, 0.15) is 11.5 Å². The molecule has 1 N–H and O–H groups in total. The minimum Gasteiger partial charge on any atom is -0.497 e. The second-order valence-electron chi connectivity index (χ2n) is 6.08. The Morgan fingerprint density at radius 1 is 1.04 bits per heavy atom. The number of hydrogen-bond acceptors (Lipinski definition) is 5. The van der Waals surface area contributed by atoms with Crippen LogP contribution in [0.3, 0.4) is 0 Å². The zero-order valence-corrected chi connectivity index (χ0v) is 15.1. The first-order valence-electron chi connectivity index (χ1n) is 8.26. The molecule has 0 spiro atoms. The average Bonchev–Trinajstić information content (AvgIpc) is 2.62. The van der Waals surface area contributed by atoms with E-state index in [2.05, 4.69) is 10.5 Å². The zero-order valence-electron chi connectivity index (χ0n) is 15.1. The highest BCUT2D eigenvalue weighted by atomic mass is 16.5. The van der Waals surface area contributed by atoms with Crippen molar-refractivity contribution >= 4 is 18.1 Å². The van der Waals surface area contributed by atoms with Gasteiger partial charge >= 0.3 is 5.97 Å². The van der Waals surface area contributed by atoms with Crippen LogP contribution in [0.2, 0.25) is 0 Å². The molecule has 2 aromatic carbocycles. The van der Waals surface area contributed by atoms with Gasteiger partial charge in [0.25, 0.3) is 0 Å². The van der Waals surface area contributed by atoms with Crippen LogP contribution in [0, 0.1) is 5.92 Å². The van der Waals surface area contributed by atoms with Crippen molar-refractivity contribution in [3.63, 3.8) is 0 Å². The van der Waals surface area contributed by atoms with E-state index in [1.165, 1.54) is 6.21 Å². The van der Waals surface area contributed by atoms with Crippen molar-refractivity contribution in [3.8, 4) is 11.5 Å². The van der Waals surface area contributed by atoms with Gasteiger partial charge in [0.15, 0.2) is 0 Å². The number of carbonyl (C=O) groups is 2. The Kier molecular flexibility index (Phi) is 6.91. The van der Waals surface area contributed by atoms with E-state index < -0.39 is 5.97 Å². The molecule has 0 unspecified atom stereocenters. The van der Waals surface area contributed by atoms with Gasteiger partial charge in [-0.2, -0.15) is 5.10 Å². The lowest BCUT2D eigenvalue weighted by atomic mass is 10.1. The van der Waals surface area contributed by atoms with Crippen LogP contribution < -0.4 is 14.9 Å². The van der Waals surface area contributed by atoms with Gasteiger partial charge in [-0.25, -0.2) is 10.2 Å². The van der Waals surface area contributed by atoms with Crippen LogP contribution in [0.15, 0.2) is 53.6 Å². The first-order valence-corrected chi connectivity index (χ1v) is 8.26. The van der Waals surface area contributed by atoms with Crippen LogP contribution in [0.4, 0.5) is 0 Å². The SMILES string of the molecule is COc1ccc(C(=O)Oc2ccc(/C=N\NC(=O)CC(C)C)cc2)cc1. The third-order valence-corrected chi connectivity index (χ3v) is 3.41. The Labute approximate surface area is 152 Å². The molecule has 26 heavy (non-hydrogen) atoms. The molecule has 0 aromatic heterocycles. The smallest absolute Gasteiger partial charge is 0.343 e. The molecule has 6 nitrogen and oxygen atoms in total. The fourth-order valence-corrected chi connectivity index (χ4v) is 2.11. The van der Waals surface area contributed by atoms with Crippen molar-refractivity contribution in [2.45, 2.75) is 20.3 Å². The van der Waals surface area contributed by atoms with Crippen molar-refractivity contribution in [2.24, 2.45) is 11.0 Å². The molecule has 0 bridgehead atoms. The van der Waals surface area contributed by atoms with Gasteiger partial charge in [0.2, 0.25) is 5.91 Å². The van der Waals surface area contributed by atoms with Gasteiger partial charge < -0.3 is 9.47 Å². The van der Waals surface area contributed by atoms with Gasteiger partial charge in [-0.15, -0.1) is 0 Å². The maximum Gasteiger partial charge on any atom is 0.343 e. The number of esters is 1. The summed E-state index contributed by atoms with van der Waals surface area (Å²) in [7, 11) is 1.56. The normalized spacial score (nSPS) is 10.8. The standard InChI is InChI=1S/C20H22N2O4/c1-14(2)12-19(23)22-21-13-15-4-8-18(9-5-15)26-20(24)16-6-10-17(25-3)11-7-16/h4-11,13-14H,12H2,1-3H3,(H,22,23)/b21-13-. The number of hydrogen-bond donors (Lipinski definition) is 1. The van der Waals surface area contributed by atoms with Gasteiger partial charge in [-0.1, -0.05) is 13.8 Å². The van der Waals surface area contributed by atoms with Gasteiger partial charge in [-0.3, -0.25) is 4.79 Å². The van der Waals surface area contributed by atoms with Crippen LogP contribution >= 0.6 is 0 Å². The number of ether oxygens (including phenoxy) is 2. The van der Waals surface area contributed by atoms with Crippen LogP contribution in [-0.2, 0) is 4.79 Å². The number of benzene rings is 2. The molecule has 6 heteroatoms. The molecule has 0 saturated carbocycles. The van der Waals surface area contributed by atoms with E-state index in [1.807, 2.05) is 13.8 Å². The molecule has 1 amide bonds. The summed E-state index contributed by atoms with van der Waals surface area (Å²) in [6.07, 6.45) is 1.96. The van der Waals surface area contributed by atoms with Crippen molar-refractivity contribution < 1.29 is 19.1 Å². The zero-order chi connectivity index (χ0) is 18.9.